The summed E-state index contributed by atoms with van der Waals surface area (Å²) in [5.74, 6) is -0.588. The van der Waals surface area contributed by atoms with E-state index in [4.69, 9.17) is 0 Å². The molecule has 0 fully saturated rings. The second-order valence-corrected chi connectivity index (χ2v) is 7.50. The number of hydrogen-bond donors (Lipinski definition) is 1. The van der Waals surface area contributed by atoms with Crippen LogP contribution in [0.4, 0.5) is 13.2 Å². The van der Waals surface area contributed by atoms with E-state index in [2.05, 4.69) is 20.5 Å². The molecule has 0 spiro atoms. The Bertz CT molecular complexity index is 1210. The molecule has 30 heavy (non-hydrogen) atoms. The molecule has 4 heterocycles. The lowest BCUT2D eigenvalue weighted by Gasteiger charge is -2.10. The zero-order valence-corrected chi connectivity index (χ0v) is 16.9. The summed E-state index contributed by atoms with van der Waals surface area (Å²) in [4.78, 5) is 17.4. The summed E-state index contributed by atoms with van der Waals surface area (Å²) in [5.41, 5.74) is 0.733. The van der Waals surface area contributed by atoms with Crippen molar-refractivity contribution in [3.8, 4) is 10.6 Å². The third-order valence-electron chi connectivity index (χ3n) is 4.67. The van der Waals surface area contributed by atoms with Crippen LogP contribution < -0.4 is 5.32 Å². The van der Waals surface area contributed by atoms with Gasteiger partial charge in [0.25, 0.3) is 5.91 Å². The maximum atomic E-state index is 13.6. The van der Waals surface area contributed by atoms with Crippen LogP contribution in [0.5, 0.6) is 0 Å². The molecule has 0 saturated carbocycles. The summed E-state index contributed by atoms with van der Waals surface area (Å²) in [5, 5.41) is 12.5. The molecule has 0 aliphatic heterocycles. The van der Waals surface area contributed by atoms with E-state index in [0.29, 0.717) is 15.9 Å². The third-order valence-corrected chi connectivity index (χ3v) is 5.56. The number of halogens is 3. The fraction of sp³-hybridized carbons (Fsp3) is 0.263. The van der Waals surface area contributed by atoms with Gasteiger partial charge in [-0.15, -0.1) is 11.3 Å². The van der Waals surface area contributed by atoms with Crippen LogP contribution >= 0.6 is 11.3 Å². The highest BCUT2D eigenvalue weighted by atomic mass is 32.1. The molecule has 0 bridgehead atoms. The Morgan fingerprint density at radius 1 is 1.30 bits per heavy atom. The van der Waals surface area contributed by atoms with Gasteiger partial charge in [0, 0.05) is 30.4 Å². The van der Waals surface area contributed by atoms with Gasteiger partial charge in [0.2, 0.25) is 0 Å². The van der Waals surface area contributed by atoms with Crippen LogP contribution in [0.15, 0.2) is 35.8 Å². The van der Waals surface area contributed by atoms with Crippen LogP contribution in [-0.4, -0.2) is 30.3 Å². The Morgan fingerprint density at radius 2 is 2.10 bits per heavy atom. The van der Waals surface area contributed by atoms with Crippen LogP contribution in [0.3, 0.4) is 0 Å². The van der Waals surface area contributed by atoms with Gasteiger partial charge in [-0.25, -0.2) is 9.50 Å². The van der Waals surface area contributed by atoms with Gasteiger partial charge in [0.1, 0.15) is 0 Å². The predicted octanol–water partition coefficient (Wildman–Crippen LogP) is 3.93. The number of nitrogens with zero attached hydrogens (tertiary/aromatic N) is 5. The monoisotopic (exact) mass is 434 g/mol. The van der Waals surface area contributed by atoms with Crippen molar-refractivity contribution in [3.05, 3.63) is 58.5 Å². The Balaban J connectivity index is 1.66. The summed E-state index contributed by atoms with van der Waals surface area (Å²) in [6.07, 6.45) is -3.00. The van der Waals surface area contributed by atoms with Crippen molar-refractivity contribution in [2.45, 2.75) is 33.1 Å². The van der Waals surface area contributed by atoms with Crippen LogP contribution in [0, 0.1) is 6.92 Å². The lowest BCUT2D eigenvalue weighted by Crippen LogP contribution is -2.23. The molecule has 7 nitrogen and oxygen atoms in total. The molecular weight excluding hydrogens is 417 g/mol. The first-order valence-electron chi connectivity index (χ1n) is 9.09. The van der Waals surface area contributed by atoms with Gasteiger partial charge in [-0.1, -0.05) is 6.07 Å². The summed E-state index contributed by atoms with van der Waals surface area (Å²) in [7, 11) is 0. The highest BCUT2D eigenvalue weighted by Crippen LogP contribution is 2.33. The van der Waals surface area contributed by atoms with Gasteiger partial charge in [-0.05, 0) is 31.4 Å². The van der Waals surface area contributed by atoms with E-state index in [9.17, 15) is 18.0 Å². The van der Waals surface area contributed by atoms with Gasteiger partial charge in [0.15, 0.2) is 17.0 Å². The van der Waals surface area contributed by atoms with Crippen LogP contribution in [0.25, 0.3) is 16.2 Å². The molecule has 0 aliphatic rings. The average Bonchev–Trinajstić information content (AvgIpc) is 3.44. The number of carbonyl (C=O) groups is 1. The predicted molar refractivity (Wildman–Crippen MR) is 105 cm³/mol. The number of carbonyl (C=O) groups excluding carboxylic acids is 1. The third kappa shape index (κ3) is 3.67. The lowest BCUT2D eigenvalue weighted by atomic mass is 10.2. The molecule has 0 aliphatic carbocycles. The van der Waals surface area contributed by atoms with E-state index < -0.39 is 17.8 Å². The smallest absolute Gasteiger partial charge is 0.346 e. The Labute approximate surface area is 173 Å². The molecule has 0 radical (unpaired) electrons. The molecule has 0 atom stereocenters. The summed E-state index contributed by atoms with van der Waals surface area (Å²) >= 11 is 1.28. The molecule has 156 valence electrons. The molecule has 11 heteroatoms. The molecule has 1 amide bonds. The lowest BCUT2D eigenvalue weighted by molar-refractivity contribution is -0.142. The number of alkyl halides is 3. The number of nitrogens with one attached hydrogen (secondary N) is 1. The molecule has 0 aromatic carbocycles. The topological polar surface area (TPSA) is 77.1 Å². The number of hydrogen-bond acceptors (Lipinski definition) is 5. The first-order chi connectivity index (χ1) is 14.3. The summed E-state index contributed by atoms with van der Waals surface area (Å²) < 4.78 is 43.3. The minimum atomic E-state index is -4.65. The first-order valence-corrected chi connectivity index (χ1v) is 9.97. The second-order valence-electron chi connectivity index (χ2n) is 6.55. The minimum absolute atomic E-state index is 0.0478. The Kier molecular flexibility index (Phi) is 5.06. The fourth-order valence-corrected chi connectivity index (χ4v) is 3.77. The summed E-state index contributed by atoms with van der Waals surface area (Å²) in [6, 6.07) is 5.61. The van der Waals surface area contributed by atoms with Gasteiger partial charge in [0.05, 0.1) is 16.8 Å². The highest BCUT2D eigenvalue weighted by Gasteiger charge is 2.35. The molecule has 1 N–H and O–H groups in total. The van der Waals surface area contributed by atoms with Crippen LogP contribution in [0.2, 0.25) is 0 Å². The zero-order chi connectivity index (χ0) is 21.5. The molecule has 0 unspecified atom stereocenters. The molecule has 4 rings (SSSR count). The number of amides is 1. The van der Waals surface area contributed by atoms with Crippen molar-refractivity contribution in [3.63, 3.8) is 0 Å². The minimum Gasteiger partial charge on any atom is -0.346 e. The van der Waals surface area contributed by atoms with Crippen molar-refractivity contribution in [2.75, 3.05) is 0 Å². The first kappa shape index (κ1) is 20.1. The van der Waals surface area contributed by atoms with E-state index in [1.807, 2.05) is 13.8 Å². The van der Waals surface area contributed by atoms with Crippen molar-refractivity contribution < 1.29 is 18.0 Å². The van der Waals surface area contributed by atoms with Crippen LogP contribution in [-0.2, 0) is 19.3 Å². The van der Waals surface area contributed by atoms with Crippen LogP contribution in [0.1, 0.15) is 34.4 Å². The zero-order valence-electron chi connectivity index (χ0n) is 16.1. The molecular formula is C19H17F3N6OS. The van der Waals surface area contributed by atoms with Crippen molar-refractivity contribution in [2.24, 2.45) is 0 Å². The normalized spacial score (nSPS) is 11.9. The van der Waals surface area contributed by atoms with Crippen molar-refractivity contribution >= 4 is 22.9 Å². The number of thiophene rings is 1. The standard InChI is InChI=1S/C19H17F3N6OS/c1-3-27-11(2)12(10-24-27)9-23-18(29)14-8-17-25-13(15-5-4-6-30-15)7-16(19(20,21)22)28(17)26-14/h4-8,10H,3,9H2,1-2H3,(H,23,29). The average molecular weight is 434 g/mol. The molecule has 4 aromatic heterocycles. The van der Waals surface area contributed by atoms with Gasteiger partial charge >= 0.3 is 6.18 Å². The summed E-state index contributed by atoms with van der Waals surface area (Å²) in [6.45, 7) is 4.73. The Morgan fingerprint density at radius 3 is 2.73 bits per heavy atom. The fourth-order valence-electron chi connectivity index (χ4n) is 3.08. The van der Waals surface area contributed by atoms with Gasteiger partial charge < -0.3 is 5.32 Å². The second kappa shape index (κ2) is 7.56. The Hall–Kier alpha value is -3.21. The van der Waals surface area contributed by atoms with E-state index in [1.165, 1.54) is 17.4 Å². The maximum Gasteiger partial charge on any atom is 0.433 e. The van der Waals surface area contributed by atoms with Crippen molar-refractivity contribution in [1.29, 1.82) is 0 Å². The van der Waals surface area contributed by atoms with E-state index in [0.717, 1.165) is 17.3 Å². The molecule has 0 saturated heterocycles. The van der Waals surface area contributed by atoms with E-state index in [-0.39, 0.29) is 23.6 Å². The highest BCUT2D eigenvalue weighted by molar-refractivity contribution is 7.13. The largest absolute Gasteiger partial charge is 0.433 e. The van der Waals surface area contributed by atoms with E-state index in [1.54, 1.807) is 28.4 Å². The number of aromatic nitrogens is 5. The van der Waals surface area contributed by atoms with E-state index >= 15 is 0 Å². The molecule has 4 aromatic rings. The van der Waals surface area contributed by atoms with Gasteiger partial charge in [-0.3, -0.25) is 9.48 Å². The SMILES string of the molecule is CCn1ncc(CNC(=O)c2cc3nc(-c4cccs4)cc(C(F)(F)F)n3n2)c1C. The van der Waals surface area contributed by atoms with Gasteiger partial charge in [-0.2, -0.15) is 23.4 Å². The number of aryl methyl sites for hydroxylation is 1. The quantitative estimate of drug-likeness (QED) is 0.516. The maximum absolute atomic E-state index is 13.6. The van der Waals surface area contributed by atoms with Crippen molar-refractivity contribution in [1.82, 2.24) is 29.7 Å². The number of rotatable bonds is 5. The number of fused-ring (bicyclic) bond motifs is 1.